The van der Waals surface area contributed by atoms with Crippen molar-refractivity contribution in [3.8, 4) is 23.0 Å². The smallest absolute Gasteiger partial charge is 0.417 e. The van der Waals surface area contributed by atoms with Gasteiger partial charge in [0.2, 0.25) is 5.79 Å². The van der Waals surface area contributed by atoms with E-state index < -0.39 is 29.9 Å². The van der Waals surface area contributed by atoms with Crippen molar-refractivity contribution in [2.75, 3.05) is 52.5 Å². The second kappa shape index (κ2) is 30.0. The Morgan fingerprint density at radius 3 is 2.23 bits per heavy atom. The molecule has 2 amide bonds. The molecule has 0 radical (unpaired) electrons. The number of nitrogens with zero attached hydrogens (tertiary/aromatic N) is 2. The van der Waals surface area contributed by atoms with Crippen LogP contribution in [0.2, 0.25) is 0 Å². The third-order valence-corrected chi connectivity index (χ3v) is 14.5. The van der Waals surface area contributed by atoms with Gasteiger partial charge in [-0.3, -0.25) is 10.2 Å². The molecule has 6 unspecified atom stereocenters. The lowest BCUT2D eigenvalue weighted by atomic mass is 9.55. The number of hydrogen-bond donors (Lipinski definition) is 3. The number of carbonyl (C=O) groups is 2. The molecule has 6 rings (SSSR count). The van der Waals surface area contributed by atoms with Gasteiger partial charge in [0.25, 0.3) is 0 Å². The summed E-state index contributed by atoms with van der Waals surface area (Å²) in [5.41, 5.74) is 3.78. The Kier molecular flexibility index (Phi) is 23.3. The van der Waals surface area contributed by atoms with Crippen molar-refractivity contribution in [1.29, 1.82) is 0 Å². The van der Waals surface area contributed by atoms with E-state index >= 15 is 0 Å². The van der Waals surface area contributed by atoms with Gasteiger partial charge in [0, 0.05) is 43.7 Å². The Balaban J connectivity index is 1.42. The van der Waals surface area contributed by atoms with Gasteiger partial charge in [0.05, 0.1) is 44.8 Å². The standard InChI is InChI=1S/C59H83N3O11/c1-6-9-10-11-12-13-14-15-16-24-37-69-58(66)62(33-7-2)54-41-51(61-71-42-43-25-18-17-19-26-43)48-38-44(27-20-22-34-63)47(28-21-23-35-64)55-49-39-46(30-32-52(49)73-59(54,56(48)55)70-36-8-3)72-57(65)60-50-31-29-45(67-4)40-53(50)68-5/h8,17-19,25-26,29-32,38-40,44,47,54-56,63-64H,3,6-7,9-16,20-24,27-28,33-37,41-42H2,1-2,4-5H3,(H,60,65). The second-order valence-corrected chi connectivity index (χ2v) is 19.6. The summed E-state index contributed by atoms with van der Waals surface area (Å²) in [5, 5.41) is 27.9. The summed E-state index contributed by atoms with van der Waals surface area (Å²) in [6, 6.07) is 19.6. The Bertz CT molecular complexity index is 2240. The maximum Gasteiger partial charge on any atom is 0.417 e. The highest BCUT2D eigenvalue weighted by Gasteiger charge is 2.65. The van der Waals surface area contributed by atoms with Crippen molar-refractivity contribution in [2.24, 2.45) is 22.9 Å². The summed E-state index contributed by atoms with van der Waals surface area (Å²) in [5.74, 6) is -0.548. The van der Waals surface area contributed by atoms with Crippen molar-refractivity contribution < 1.29 is 53.1 Å². The molecular weight excluding hydrogens is 927 g/mol. The lowest BCUT2D eigenvalue weighted by Crippen LogP contribution is -2.70. The van der Waals surface area contributed by atoms with E-state index in [9.17, 15) is 19.8 Å². The number of allylic oxidation sites excluding steroid dienone is 1. The zero-order valence-electron chi connectivity index (χ0n) is 44.0. The lowest BCUT2D eigenvalue weighted by molar-refractivity contribution is -0.255. The van der Waals surface area contributed by atoms with Gasteiger partial charge in [-0.05, 0) is 91.8 Å². The van der Waals surface area contributed by atoms with Crippen LogP contribution in [-0.2, 0) is 20.9 Å². The monoisotopic (exact) mass is 1010 g/mol. The molecule has 0 aromatic heterocycles. The van der Waals surface area contributed by atoms with Crippen LogP contribution in [-0.4, -0.2) is 92.0 Å². The number of aliphatic hydroxyl groups is 2. The van der Waals surface area contributed by atoms with Crippen LogP contribution < -0.4 is 24.3 Å². The molecule has 0 spiro atoms. The van der Waals surface area contributed by atoms with Crippen molar-refractivity contribution in [1.82, 2.24) is 4.90 Å². The van der Waals surface area contributed by atoms with E-state index in [2.05, 4.69) is 24.9 Å². The van der Waals surface area contributed by atoms with E-state index in [-0.39, 0.29) is 50.6 Å². The number of unbranched alkanes of at least 4 members (excludes halogenated alkanes) is 11. The van der Waals surface area contributed by atoms with Crippen LogP contribution in [0.4, 0.5) is 15.3 Å². The average molecular weight is 1010 g/mol. The summed E-state index contributed by atoms with van der Waals surface area (Å²) in [7, 11) is 3.07. The largest absolute Gasteiger partial charge is 0.497 e. The third kappa shape index (κ3) is 15.3. The Labute approximate surface area is 434 Å². The predicted octanol–water partition coefficient (Wildman–Crippen LogP) is 12.9. The Morgan fingerprint density at radius 2 is 1.55 bits per heavy atom. The summed E-state index contributed by atoms with van der Waals surface area (Å²) in [6.07, 6.45) is 19.8. The molecule has 3 N–H and O–H groups in total. The quantitative estimate of drug-likeness (QED) is 0.0309. The minimum Gasteiger partial charge on any atom is -0.497 e. The molecule has 0 saturated heterocycles. The summed E-state index contributed by atoms with van der Waals surface area (Å²) in [6.45, 7) is 9.52. The maximum absolute atomic E-state index is 14.7. The zero-order valence-corrected chi connectivity index (χ0v) is 44.0. The number of rotatable bonds is 32. The highest BCUT2D eigenvalue weighted by molar-refractivity contribution is 6.03. The van der Waals surface area contributed by atoms with Crippen LogP contribution in [0, 0.1) is 17.8 Å². The third-order valence-electron chi connectivity index (χ3n) is 14.5. The molecule has 400 valence electrons. The van der Waals surface area contributed by atoms with Gasteiger partial charge in [-0.25, -0.2) is 9.59 Å². The SMILES string of the molecule is C=CCOC12Oc3ccc(OC(=O)Nc4ccc(OC)cc4OC)cc3C3C(CCCCO)C(CCCCO)C=C(C(=NOCc4ccccc4)CC1N(CCC)C(=O)OCCCCCCCCCCCC)C32. The van der Waals surface area contributed by atoms with Crippen molar-refractivity contribution in [3.63, 3.8) is 0 Å². The van der Waals surface area contributed by atoms with Crippen LogP contribution in [0.5, 0.6) is 23.0 Å². The molecule has 14 nitrogen and oxygen atoms in total. The van der Waals surface area contributed by atoms with Crippen LogP contribution >= 0.6 is 0 Å². The fourth-order valence-corrected chi connectivity index (χ4v) is 11.1. The average Bonchev–Trinajstić information content (AvgIpc) is 3.40. The molecular formula is C59H83N3O11. The number of aliphatic hydroxyl groups excluding tert-OH is 2. The summed E-state index contributed by atoms with van der Waals surface area (Å²) >= 11 is 0. The minimum absolute atomic E-state index is 0.00796. The molecule has 6 atom stereocenters. The lowest BCUT2D eigenvalue weighted by Gasteiger charge is -2.59. The van der Waals surface area contributed by atoms with Gasteiger partial charge in [-0.2, -0.15) is 0 Å². The first-order chi connectivity index (χ1) is 35.7. The van der Waals surface area contributed by atoms with Crippen LogP contribution in [0.15, 0.2) is 96.2 Å². The number of benzene rings is 3. The molecule has 14 heteroatoms. The number of hydrogen-bond acceptors (Lipinski definition) is 12. The number of oxime groups is 1. The molecule has 0 bridgehead atoms. The number of carbonyl (C=O) groups excluding carboxylic acids is 2. The fraction of sp³-hybridized carbons (Fsp3) is 0.576. The molecule has 1 heterocycles. The van der Waals surface area contributed by atoms with E-state index in [4.69, 9.17) is 38.4 Å². The molecule has 3 aliphatic rings. The molecule has 3 aromatic rings. The first-order valence-corrected chi connectivity index (χ1v) is 27.1. The van der Waals surface area contributed by atoms with E-state index in [0.29, 0.717) is 66.8 Å². The van der Waals surface area contributed by atoms with E-state index in [1.165, 1.54) is 52.1 Å². The predicted molar refractivity (Wildman–Crippen MR) is 286 cm³/mol. The normalized spacial score (nSPS) is 21.2. The molecule has 1 fully saturated rings. The highest BCUT2D eigenvalue weighted by atomic mass is 16.7. The minimum atomic E-state index is -1.46. The number of anilines is 1. The second-order valence-electron chi connectivity index (χ2n) is 19.6. The van der Waals surface area contributed by atoms with Crippen molar-refractivity contribution >= 4 is 23.6 Å². The van der Waals surface area contributed by atoms with Crippen LogP contribution in [0.1, 0.15) is 146 Å². The Hall–Kier alpha value is -5.57. The van der Waals surface area contributed by atoms with E-state index in [1.54, 1.807) is 42.4 Å². The van der Waals surface area contributed by atoms with Gasteiger partial charge in [-0.1, -0.05) is 132 Å². The van der Waals surface area contributed by atoms with Crippen LogP contribution in [0.25, 0.3) is 0 Å². The molecule has 2 aliphatic carbocycles. The first-order valence-electron chi connectivity index (χ1n) is 27.1. The molecule has 1 saturated carbocycles. The van der Waals surface area contributed by atoms with Gasteiger partial charge in [-0.15, -0.1) is 6.58 Å². The fourth-order valence-electron chi connectivity index (χ4n) is 11.1. The summed E-state index contributed by atoms with van der Waals surface area (Å²) in [4.78, 5) is 36.5. The van der Waals surface area contributed by atoms with Crippen molar-refractivity contribution in [2.45, 2.75) is 154 Å². The zero-order chi connectivity index (χ0) is 51.8. The Morgan fingerprint density at radius 1 is 0.836 bits per heavy atom. The number of ether oxygens (including phenoxy) is 6. The molecule has 3 aromatic carbocycles. The molecule has 73 heavy (non-hydrogen) atoms. The first kappa shape index (κ1) is 56.7. The van der Waals surface area contributed by atoms with E-state index in [1.807, 2.05) is 49.4 Å². The van der Waals surface area contributed by atoms with Crippen LogP contribution in [0.3, 0.4) is 0 Å². The topological polar surface area (TPSA) is 167 Å². The van der Waals surface area contributed by atoms with Gasteiger partial charge < -0.3 is 43.5 Å². The number of nitrogens with one attached hydrogen (secondary N) is 1. The van der Waals surface area contributed by atoms with E-state index in [0.717, 1.165) is 61.6 Å². The van der Waals surface area contributed by atoms with Gasteiger partial charge in [0.1, 0.15) is 35.6 Å². The summed E-state index contributed by atoms with van der Waals surface area (Å²) < 4.78 is 37.6. The number of methoxy groups -OCH3 is 2. The molecule has 1 aliphatic heterocycles. The van der Waals surface area contributed by atoms with Crippen molar-refractivity contribution in [3.05, 3.63) is 102 Å². The van der Waals surface area contributed by atoms with Gasteiger partial charge in [0.15, 0.2) is 0 Å². The number of amides is 2. The highest BCUT2D eigenvalue weighted by Crippen LogP contribution is 2.62. The van der Waals surface area contributed by atoms with Gasteiger partial charge >= 0.3 is 12.2 Å². The maximum atomic E-state index is 14.7. The number of fused-ring (bicyclic) bond motifs is 2.